The van der Waals surface area contributed by atoms with Crippen LogP contribution in [0.15, 0.2) is 11.6 Å². The van der Waals surface area contributed by atoms with Gasteiger partial charge < -0.3 is 4.74 Å². The van der Waals surface area contributed by atoms with Gasteiger partial charge in [0.2, 0.25) is 0 Å². The number of rotatable bonds is 1. The lowest BCUT2D eigenvalue weighted by Gasteiger charge is -2.42. The number of hydrogen-bond donors (Lipinski definition) is 0. The zero-order valence-electron chi connectivity index (χ0n) is 13.0. The van der Waals surface area contributed by atoms with Crippen molar-refractivity contribution >= 4 is 5.97 Å². The molecule has 0 spiro atoms. The van der Waals surface area contributed by atoms with Crippen LogP contribution in [0.5, 0.6) is 0 Å². The predicted octanol–water partition coefficient (Wildman–Crippen LogP) is 4.49. The van der Waals surface area contributed by atoms with Gasteiger partial charge in [-0.15, -0.1) is 0 Å². The van der Waals surface area contributed by atoms with Gasteiger partial charge in [0.25, 0.3) is 0 Å². The van der Waals surface area contributed by atoms with E-state index in [9.17, 15) is 4.79 Å². The Labute approximate surface area is 112 Å². The molecular weight excluding hydrogens is 224 g/mol. The van der Waals surface area contributed by atoms with Gasteiger partial charge in [0.05, 0.1) is 0 Å². The highest BCUT2D eigenvalue weighted by molar-refractivity contribution is 5.83. The van der Waals surface area contributed by atoms with Crippen molar-refractivity contribution in [1.29, 1.82) is 0 Å². The molecule has 0 atom stereocenters. The van der Waals surface area contributed by atoms with Crippen molar-refractivity contribution in [3.05, 3.63) is 11.6 Å². The van der Waals surface area contributed by atoms with Crippen LogP contribution in [0.1, 0.15) is 67.7 Å². The average molecular weight is 252 g/mol. The Hall–Kier alpha value is -0.790. The number of allylic oxidation sites excluding steroid dienone is 1. The molecule has 0 aliphatic heterocycles. The Bertz CT molecular complexity index is 336. The van der Waals surface area contributed by atoms with Gasteiger partial charge in [-0.25, -0.2) is 4.79 Å². The molecular formula is C16H28O2. The van der Waals surface area contributed by atoms with Gasteiger partial charge in [0, 0.05) is 6.08 Å². The molecule has 0 N–H and O–H groups in total. The molecule has 1 rings (SSSR count). The van der Waals surface area contributed by atoms with Crippen molar-refractivity contribution < 1.29 is 9.53 Å². The van der Waals surface area contributed by atoms with Gasteiger partial charge in [0.15, 0.2) is 0 Å². The maximum atomic E-state index is 11.9. The normalized spacial score (nSPS) is 22.5. The van der Waals surface area contributed by atoms with E-state index in [0.29, 0.717) is 0 Å². The predicted molar refractivity (Wildman–Crippen MR) is 75.3 cm³/mol. The van der Waals surface area contributed by atoms with Crippen LogP contribution in [0.2, 0.25) is 0 Å². The van der Waals surface area contributed by atoms with Gasteiger partial charge in [-0.2, -0.15) is 0 Å². The molecule has 0 heterocycles. The summed E-state index contributed by atoms with van der Waals surface area (Å²) in [5, 5.41) is 0. The quantitative estimate of drug-likeness (QED) is 0.507. The molecule has 2 nitrogen and oxygen atoms in total. The molecule has 1 fully saturated rings. The van der Waals surface area contributed by atoms with Crippen LogP contribution in [0, 0.1) is 10.8 Å². The average Bonchev–Trinajstić information content (AvgIpc) is 1.90. The van der Waals surface area contributed by atoms with Crippen LogP contribution in [-0.4, -0.2) is 11.6 Å². The van der Waals surface area contributed by atoms with Gasteiger partial charge in [-0.1, -0.05) is 33.3 Å². The highest BCUT2D eigenvalue weighted by Crippen LogP contribution is 2.47. The smallest absolute Gasteiger partial charge is 0.331 e. The second-order valence-electron chi connectivity index (χ2n) is 8.19. The van der Waals surface area contributed by atoms with Gasteiger partial charge in [-0.3, -0.25) is 0 Å². The van der Waals surface area contributed by atoms with E-state index >= 15 is 0 Å². The summed E-state index contributed by atoms with van der Waals surface area (Å²) in [6.45, 7) is 14.8. The van der Waals surface area contributed by atoms with Crippen molar-refractivity contribution in [3.63, 3.8) is 0 Å². The Balaban J connectivity index is 2.79. The van der Waals surface area contributed by atoms with Crippen LogP contribution in [0.3, 0.4) is 0 Å². The Morgan fingerprint density at radius 3 is 1.94 bits per heavy atom. The minimum absolute atomic E-state index is 0.203. The Morgan fingerprint density at radius 2 is 1.56 bits per heavy atom. The molecule has 1 aliphatic carbocycles. The first-order chi connectivity index (χ1) is 7.89. The summed E-state index contributed by atoms with van der Waals surface area (Å²) in [5.41, 5.74) is 1.37. The van der Waals surface area contributed by atoms with Crippen LogP contribution in [0.25, 0.3) is 0 Å². The summed E-state index contributed by atoms with van der Waals surface area (Å²) in [7, 11) is 0. The second-order valence-corrected chi connectivity index (χ2v) is 8.19. The Morgan fingerprint density at radius 1 is 1.11 bits per heavy atom. The van der Waals surface area contributed by atoms with Crippen molar-refractivity contribution in [2.75, 3.05) is 0 Å². The maximum Gasteiger partial charge on any atom is 0.331 e. The third-order valence-electron chi connectivity index (χ3n) is 3.10. The topological polar surface area (TPSA) is 26.3 Å². The summed E-state index contributed by atoms with van der Waals surface area (Å²) in [6.07, 6.45) is 4.91. The van der Waals surface area contributed by atoms with Gasteiger partial charge in [0.1, 0.15) is 5.60 Å². The molecule has 0 radical (unpaired) electrons. The molecule has 0 bridgehead atoms. The summed E-state index contributed by atoms with van der Waals surface area (Å²) in [6, 6.07) is 0. The maximum absolute atomic E-state index is 11.9. The molecule has 0 unspecified atom stereocenters. The van der Waals surface area contributed by atoms with E-state index in [1.165, 1.54) is 12.0 Å². The lowest BCUT2D eigenvalue weighted by Crippen LogP contribution is -2.30. The van der Waals surface area contributed by atoms with Crippen LogP contribution in [0.4, 0.5) is 0 Å². The summed E-state index contributed by atoms with van der Waals surface area (Å²) in [5.74, 6) is -0.203. The first kappa shape index (κ1) is 15.3. The molecule has 0 saturated heterocycles. The van der Waals surface area contributed by atoms with Crippen LogP contribution < -0.4 is 0 Å². The minimum atomic E-state index is -0.409. The van der Waals surface area contributed by atoms with E-state index in [1.807, 2.05) is 20.8 Å². The first-order valence-corrected chi connectivity index (χ1v) is 6.81. The van der Waals surface area contributed by atoms with E-state index in [4.69, 9.17) is 4.74 Å². The summed E-state index contributed by atoms with van der Waals surface area (Å²) in [4.78, 5) is 11.9. The molecule has 0 aromatic carbocycles. The molecule has 1 saturated carbocycles. The molecule has 1 aliphatic rings. The van der Waals surface area contributed by atoms with Crippen molar-refractivity contribution in [3.8, 4) is 0 Å². The second kappa shape index (κ2) is 4.71. The SMILES string of the molecule is CC1(C)CC(=CC(=O)OC(C)(C)C)CC(C)(C)C1. The lowest BCUT2D eigenvalue weighted by atomic mass is 9.63. The largest absolute Gasteiger partial charge is 0.457 e. The number of hydrogen-bond acceptors (Lipinski definition) is 2. The van der Waals surface area contributed by atoms with E-state index in [2.05, 4.69) is 27.7 Å². The molecule has 104 valence electrons. The fourth-order valence-electron chi connectivity index (χ4n) is 3.31. The zero-order valence-corrected chi connectivity index (χ0v) is 13.0. The van der Waals surface area contributed by atoms with Crippen molar-refractivity contribution in [2.45, 2.75) is 73.3 Å². The zero-order chi connectivity index (χ0) is 14.2. The van der Waals surface area contributed by atoms with Crippen LogP contribution >= 0.6 is 0 Å². The molecule has 0 aromatic heterocycles. The highest BCUT2D eigenvalue weighted by Gasteiger charge is 2.35. The third kappa shape index (κ3) is 5.24. The van der Waals surface area contributed by atoms with Gasteiger partial charge in [-0.05, 0) is 50.9 Å². The standard InChI is InChI=1S/C16H28O2/c1-14(2,3)18-13(17)8-12-9-15(4,5)11-16(6,7)10-12/h8H,9-11H2,1-7H3. The van der Waals surface area contributed by atoms with E-state index in [1.54, 1.807) is 6.08 Å². The fourth-order valence-corrected chi connectivity index (χ4v) is 3.31. The minimum Gasteiger partial charge on any atom is -0.457 e. The lowest BCUT2D eigenvalue weighted by molar-refractivity contribution is -0.148. The third-order valence-corrected chi connectivity index (χ3v) is 3.10. The number of carbonyl (C=O) groups is 1. The molecule has 2 heteroatoms. The summed E-state index contributed by atoms with van der Waals surface area (Å²) < 4.78 is 5.36. The first-order valence-electron chi connectivity index (χ1n) is 6.81. The fraction of sp³-hybridized carbons (Fsp3) is 0.812. The van der Waals surface area contributed by atoms with E-state index in [0.717, 1.165) is 12.8 Å². The molecule has 0 amide bonds. The van der Waals surface area contributed by atoms with Gasteiger partial charge >= 0.3 is 5.97 Å². The van der Waals surface area contributed by atoms with E-state index in [-0.39, 0.29) is 16.8 Å². The number of carbonyl (C=O) groups excluding carboxylic acids is 1. The Kier molecular flexibility index (Phi) is 4.00. The van der Waals surface area contributed by atoms with Crippen molar-refractivity contribution in [2.24, 2.45) is 10.8 Å². The number of ether oxygens (including phenoxy) is 1. The van der Waals surface area contributed by atoms with E-state index < -0.39 is 5.60 Å². The number of esters is 1. The summed E-state index contributed by atoms with van der Waals surface area (Å²) >= 11 is 0. The highest BCUT2D eigenvalue weighted by atomic mass is 16.6. The molecule has 0 aromatic rings. The molecule has 18 heavy (non-hydrogen) atoms. The monoisotopic (exact) mass is 252 g/mol. The van der Waals surface area contributed by atoms with Crippen LogP contribution in [-0.2, 0) is 9.53 Å². The van der Waals surface area contributed by atoms with Crippen molar-refractivity contribution in [1.82, 2.24) is 0 Å².